The largest absolute Gasteiger partial charge is 0.421 e. The third-order valence-corrected chi connectivity index (χ3v) is 4.86. The molecule has 11 heteroatoms. The lowest BCUT2D eigenvalue weighted by atomic mass is 10.2. The van der Waals surface area contributed by atoms with E-state index in [9.17, 15) is 18.0 Å². The molecule has 0 spiro atoms. The second-order valence-corrected chi connectivity index (χ2v) is 7.09. The molecule has 2 fully saturated rings. The van der Waals surface area contributed by atoms with E-state index in [-0.39, 0.29) is 35.6 Å². The van der Waals surface area contributed by atoms with Crippen molar-refractivity contribution < 1.29 is 18.0 Å². The molecule has 0 bridgehead atoms. The number of halogens is 3. The minimum absolute atomic E-state index is 0.0103. The first-order chi connectivity index (χ1) is 13.3. The van der Waals surface area contributed by atoms with E-state index in [0.29, 0.717) is 18.8 Å². The Balaban J connectivity index is 1.61. The van der Waals surface area contributed by atoms with Crippen molar-refractivity contribution in [2.75, 3.05) is 17.2 Å². The Labute approximate surface area is 158 Å². The number of alkyl halides is 3. The summed E-state index contributed by atoms with van der Waals surface area (Å²) < 4.78 is 41.1. The Morgan fingerprint density at radius 2 is 2.14 bits per heavy atom. The molecule has 28 heavy (non-hydrogen) atoms. The van der Waals surface area contributed by atoms with Crippen LogP contribution in [0.15, 0.2) is 12.3 Å². The van der Waals surface area contributed by atoms with Crippen LogP contribution in [0.25, 0.3) is 0 Å². The summed E-state index contributed by atoms with van der Waals surface area (Å²) >= 11 is 0. The van der Waals surface area contributed by atoms with E-state index in [2.05, 4.69) is 25.7 Å². The van der Waals surface area contributed by atoms with E-state index in [4.69, 9.17) is 5.73 Å². The van der Waals surface area contributed by atoms with Gasteiger partial charge in [-0.1, -0.05) is 0 Å². The molecule has 0 aliphatic heterocycles. The zero-order chi connectivity index (χ0) is 20.1. The number of carbonyl (C=O) groups excluding carboxylic acids is 1. The first-order valence-electron chi connectivity index (χ1n) is 9.11. The second kappa shape index (κ2) is 6.64. The summed E-state index contributed by atoms with van der Waals surface area (Å²) in [5.74, 6) is -0.209. The number of nitrogens with zero attached hydrogens (tertiary/aromatic N) is 4. The molecule has 2 heterocycles. The normalized spacial score (nSPS) is 21.4. The molecule has 150 valence electrons. The highest BCUT2D eigenvalue weighted by Gasteiger charge is 2.45. The molecule has 2 atom stereocenters. The van der Waals surface area contributed by atoms with E-state index >= 15 is 0 Å². The Bertz CT molecular complexity index is 907. The highest BCUT2D eigenvalue weighted by atomic mass is 19.4. The topological polar surface area (TPSA) is 111 Å². The molecule has 0 saturated heterocycles. The lowest BCUT2D eigenvalue weighted by Gasteiger charge is -2.14. The molecular formula is C17H20F3N7O. The molecule has 2 aliphatic carbocycles. The number of nitrogens with one attached hydrogen (secondary N) is 2. The maximum absolute atomic E-state index is 13.1. The molecule has 2 aromatic rings. The molecule has 2 aromatic heterocycles. The molecule has 0 aromatic carbocycles. The fourth-order valence-electron chi connectivity index (χ4n) is 3.19. The van der Waals surface area contributed by atoms with Crippen LogP contribution in [0, 0.1) is 5.92 Å². The number of hydrogen-bond acceptors (Lipinski definition) is 6. The Kier molecular flexibility index (Phi) is 4.39. The predicted octanol–water partition coefficient (Wildman–Crippen LogP) is 2.79. The van der Waals surface area contributed by atoms with Crippen LogP contribution in [0.2, 0.25) is 0 Å². The van der Waals surface area contributed by atoms with Gasteiger partial charge in [-0.2, -0.15) is 23.3 Å². The second-order valence-electron chi connectivity index (χ2n) is 7.09. The fourth-order valence-corrected chi connectivity index (χ4v) is 3.19. The smallest absolute Gasteiger partial charge is 0.370 e. The summed E-state index contributed by atoms with van der Waals surface area (Å²) in [6, 6.07) is 2.02. The van der Waals surface area contributed by atoms with E-state index in [1.807, 2.05) is 0 Å². The van der Waals surface area contributed by atoms with E-state index in [1.165, 1.54) is 0 Å². The quantitative estimate of drug-likeness (QED) is 0.665. The van der Waals surface area contributed by atoms with Crippen molar-refractivity contribution in [2.45, 2.75) is 44.3 Å². The molecule has 2 aliphatic rings. The van der Waals surface area contributed by atoms with Crippen molar-refractivity contribution in [1.82, 2.24) is 19.7 Å². The van der Waals surface area contributed by atoms with Crippen LogP contribution in [-0.2, 0) is 11.0 Å². The summed E-state index contributed by atoms with van der Waals surface area (Å²) in [4.78, 5) is 19.1. The van der Waals surface area contributed by atoms with Crippen molar-refractivity contribution in [3.05, 3.63) is 23.5 Å². The van der Waals surface area contributed by atoms with Crippen molar-refractivity contribution in [2.24, 2.45) is 11.7 Å². The van der Waals surface area contributed by atoms with Gasteiger partial charge < -0.3 is 16.4 Å². The van der Waals surface area contributed by atoms with Gasteiger partial charge in [0.25, 0.3) is 0 Å². The summed E-state index contributed by atoms with van der Waals surface area (Å²) in [6.45, 7) is 1.98. The standard InChI is InChI=1S/C17H20F3N7O/c1-2-22-15-11(17(18,19)20)7-23-16(25-15)24-13-6-12(9-5-10(9)14(21)28)26-27(13)8-3-4-8/h6-10H,2-5H2,1H3,(H2,21,28)(H2,22,23,24,25)/t9-,10+/m0/s1. The van der Waals surface area contributed by atoms with Gasteiger partial charge in [-0.25, -0.2) is 9.67 Å². The summed E-state index contributed by atoms with van der Waals surface area (Å²) in [5, 5.41) is 10.2. The molecule has 0 unspecified atom stereocenters. The van der Waals surface area contributed by atoms with Gasteiger partial charge in [0.2, 0.25) is 11.9 Å². The van der Waals surface area contributed by atoms with Gasteiger partial charge in [-0.05, 0) is 26.2 Å². The molecule has 4 rings (SSSR count). The first kappa shape index (κ1) is 18.5. The van der Waals surface area contributed by atoms with E-state index in [1.54, 1.807) is 17.7 Å². The van der Waals surface area contributed by atoms with Crippen molar-refractivity contribution in [3.63, 3.8) is 0 Å². The number of anilines is 3. The number of amides is 1. The zero-order valence-corrected chi connectivity index (χ0v) is 15.1. The fraction of sp³-hybridized carbons (Fsp3) is 0.529. The summed E-state index contributed by atoms with van der Waals surface area (Å²) in [7, 11) is 0. The van der Waals surface area contributed by atoms with Crippen molar-refractivity contribution >= 4 is 23.5 Å². The number of nitrogens with two attached hydrogens (primary N) is 1. The summed E-state index contributed by atoms with van der Waals surface area (Å²) in [5.41, 5.74) is 5.18. The molecule has 1 amide bonds. The van der Waals surface area contributed by atoms with Gasteiger partial charge in [0, 0.05) is 30.6 Å². The van der Waals surface area contributed by atoms with Crippen LogP contribution < -0.4 is 16.4 Å². The number of carbonyl (C=O) groups is 1. The Morgan fingerprint density at radius 1 is 1.39 bits per heavy atom. The van der Waals surface area contributed by atoms with Crippen LogP contribution in [0.3, 0.4) is 0 Å². The minimum Gasteiger partial charge on any atom is -0.370 e. The van der Waals surface area contributed by atoms with Gasteiger partial charge in [0.1, 0.15) is 17.2 Å². The SMILES string of the molecule is CCNc1nc(Nc2cc([C@H]3C[C@H]3C(N)=O)nn2C2CC2)ncc1C(F)(F)F. The van der Waals surface area contributed by atoms with Gasteiger partial charge in [0.15, 0.2) is 0 Å². The van der Waals surface area contributed by atoms with Crippen LogP contribution in [-0.4, -0.2) is 32.2 Å². The van der Waals surface area contributed by atoms with Gasteiger partial charge in [0.05, 0.1) is 11.7 Å². The predicted molar refractivity (Wildman–Crippen MR) is 95.0 cm³/mol. The zero-order valence-electron chi connectivity index (χ0n) is 15.1. The summed E-state index contributed by atoms with van der Waals surface area (Å²) in [6.07, 6.45) is -1.19. The molecular weight excluding hydrogens is 375 g/mol. The lowest BCUT2D eigenvalue weighted by molar-refractivity contribution is -0.137. The Hall–Kier alpha value is -2.85. The third kappa shape index (κ3) is 3.60. The third-order valence-electron chi connectivity index (χ3n) is 4.86. The highest BCUT2D eigenvalue weighted by molar-refractivity contribution is 5.81. The van der Waals surface area contributed by atoms with Gasteiger partial charge >= 0.3 is 6.18 Å². The van der Waals surface area contributed by atoms with Crippen LogP contribution in [0.4, 0.5) is 30.8 Å². The minimum atomic E-state index is -4.55. The van der Waals surface area contributed by atoms with Crippen LogP contribution in [0.5, 0.6) is 0 Å². The highest BCUT2D eigenvalue weighted by Crippen LogP contribution is 2.48. The average molecular weight is 395 g/mol. The molecule has 2 saturated carbocycles. The number of primary amides is 1. The van der Waals surface area contributed by atoms with E-state index < -0.39 is 11.7 Å². The monoisotopic (exact) mass is 395 g/mol. The van der Waals surface area contributed by atoms with E-state index in [0.717, 1.165) is 24.7 Å². The maximum atomic E-state index is 13.1. The van der Waals surface area contributed by atoms with Gasteiger partial charge in [-0.15, -0.1) is 0 Å². The van der Waals surface area contributed by atoms with Crippen LogP contribution in [0.1, 0.15) is 49.4 Å². The number of rotatable bonds is 7. The molecule has 8 nitrogen and oxygen atoms in total. The molecule has 0 radical (unpaired) electrons. The Morgan fingerprint density at radius 3 is 2.71 bits per heavy atom. The van der Waals surface area contributed by atoms with Crippen LogP contribution >= 0.6 is 0 Å². The average Bonchev–Trinajstić information content (AvgIpc) is 3.53. The lowest BCUT2D eigenvalue weighted by Crippen LogP contribution is -2.14. The first-order valence-corrected chi connectivity index (χ1v) is 9.11. The number of aromatic nitrogens is 4. The number of hydrogen-bond donors (Lipinski definition) is 3. The molecule has 4 N–H and O–H groups in total. The van der Waals surface area contributed by atoms with Gasteiger partial charge in [-0.3, -0.25) is 4.79 Å². The van der Waals surface area contributed by atoms with Crippen molar-refractivity contribution in [1.29, 1.82) is 0 Å². The maximum Gasteiger partial charge on any atom is 0.421 e. The van der Waals surface area contributed by atoms with Crippen molar-refractivity contribution in [3.8, 4) is 0 Å².